The van der Waals surface area contributed by atoms with Crippen molar-refractivity contribution in [1.82, 2.24) is 0 Å². The molecule has 3 heteroatoms. The lowest BCUT2D eigenvalue weighted by molar-refractivity contribution is -0.891. The predicted molar refractivity (Wildman–Crippen MR) is 152 cm³/mol. The van der Waals surface area contributed by atoms with Gasteiger partial charge in [-0.3, -0.25) is 0 Å². The molecule has 1 rings (SSSR count). The van der Waals surface area contributed by atoms with Crippen molar-refractivity contribution in [3.63, 3.8) is 0 Å². The van der Waals surface area contributed by atoms with E-state index in [1.165, 1.54) is 108 Å². The third-order valence-electron chi connectivity index (χ3n) is 7.55. The highest BCUT2D eigenvalue weighted by molar-refractivity contribution is 5.72. The fourth-order valence-electron chi connectivity index (χ4n) is 5.59. The van der Waals surface area contributed by atoms with E-state index in [9.17, 15) is 9.90 Å². The van der Waals surface area contributed by atoms with E-state index >= 15 is 0 Å². The van der Waals surface area contributed by atoms with Crippen molar-refractivity contribution < 1.29 is 14.4 Å². The zero-order valence-corrected chi connectivity index (χ0v) is 23.8. The van der Waals surface area contributed by atoms with Gasteiger partial charge in [-0.2, -0.15) is 0 Å². The topological polar surface area (TPSA) is 37.3 Å². The van der Waals surface area contributed by atoms with Gasteiger partial charge in [-0.05, 0) is 18.4 Å². The summed E-state index contributed by atoms with van der Waals surface area (Å²) in [5.41, 5.74) is 1.25. The summed E-state index contributed by atoms with van der Waals surface area (Å²) in [5, 5.41) is 9.99. The lowest BCUT2D eigenvalue weighted by Crippen LogP contribution is -2.54. The normalized spacial score (nSPS) is 13.6. The van der Waals surface area contributed by atoms with Crippen molar-refractivity contribution in [3.05, 3.63) is 35.9 Å². The van der Waals surface area contributed by atoms with Crippen LogP contribution in [-0.2, 0) is 11.2 Å². The Morgan fingerprint density at radius 1 is 0.686 bits per heavy atom. The summed E-state index contributed by atoms with van der Waals surface area (Å²) in [6.07, 6.45) is 25.2. The minimum atomic E-state index is -0.662. The molecule has 1 aromatic carbocycles. The summed E-state index contributed by atoms with van der Waals surface area (Å²) >= 11 is 0. The van der Waals surface area contributed by atoms with Crippen LogP contribution in [0.5, 0.6) is 0 Å². The van der Waals surface area contributed by atoms with Gasteiger partial charge in [-0.15, -0.1) is 0 Å². The number of aliphatic carboxylic acids is 1. The Kier molecular flexibility index (Phi) is 17.9. The van der Waals surface area contributed by atoms with Crippen LogP contribution in [-0.4, -0.2) is 42.7 Å². The second-order valence-corrected chi connectivity index (χ2v) is 11.8. The smallest absolute Gasteiger partial charge is 0.362 e. The quantitative estimate of drug-likeness (QED) is 0.123. The van der Waals surface area contributed by atoms with Crippen molar-refractivity contribution >= 4 is 5.97 Å². The fourth-order valence-corrected chi connectivity index (χ4v) is 5.59. The maximum Gasteiger partial charge on any atom is 0.362 e. The number of benzene rings is 1. The van der Waals surface area contributed by atoms with E-state index in [0.29, 0.717) is 4.48 Å². The molecule has 0 saturated carbocycles. The molecule has 35 heavy (non-hydrogen) atoms. The molecule has 3 nitrogen and oxygen atoms in total. The molecule has 2 unspecified atom stereocenters. The second kappa shape index (κ2) is 19.8. The van der Waals surface area contributed by atoms with E-state index in [2.05, 4.69) is 31.2 Å². The zero-order valence-electron chi connectivity index (χ0n) is 23.8. The summed E-state index contributed by atoms with van der Waals surface area (Å²) < 4.78 is 0.478. The molecule has 1 aromatic rings. The first-order valence-electron chi connectivity index (χ1n) is 14.9. The van der Waals surface area contributed by atoms with E-state index in [-0.39, 0.29) is 12.0 Å². The standard InChI is InChI=1S/C32H57NO2/c1-5-6-7-8-9-10-11-12-13-14-15-16-17-18-19-20-24-27-30(28-29-25-22-21-23-26-29)31(32(34)35)33(2,3)4/h21-23,25-26,30-31H,5-20,24,27-28H2,1-4H3/p+1. The van der Waals surface area contributed by atoms with Gasteiger partial charge in [-0.1, -0.05) is 146 Å². The van der Waals surface area contributed by atoms with Crippen LogP contribution in [0.2, 0.25) is 0 Å². The molecule has 202 valence electrons. The molecule has 0 aromatic heterocycles. The number of quaternary nitrogens is 1. The average molecular weight is 489 g/mol. The van der Waals surface area contributed by atoms with Gasteiger partial charge < -0.3 is 9.59 Å². The maximum atomic E-state index is 12.1. The minimum absolute atomic E-state index is 0.172. The SMILES string of the molecule is CCCCCCCCCCCCCCCCCCCC(Cc1ccccc1)C(C(=O)O)[N+](C)(C)C. The molecule has 0 aliphatic heterocycles. The van der Waals surface area contributed by atoms with E-state index < -0.39 is 5.97 Å². The molecule has 0 saturated heterocycles. The van der Waals surface area contributed by atoms with Gasteiger partial charge in [0, 0.05) is 5.92 Å². The van der Waals surface area contributed by atoms with Gasteiger partial charge in [-0.25, -0.2) is 4.79 Å². The molecule has 0 aliphatic carbocycles. The highest BCUT2D eigenvalue weighted by Crippen LogP contribution is 2.26. The lowest BCUT2D eigenvalue weighted by Gasteiger charge is -2.36. The number of nitrogens with zero attached hydrogens (tertiary/aromatic N) is 1. The summed E-state index contributed by atoms with van der Waals surface area (Å²) in [6.45, 7) is 2.29. The minimum Gasteiger partial charge on any atom is -0.477 e. The molecule has 1 N–H and O–H groups in total. The highest BCUT2D eigenvalue weighted by Gasteiger charge is 2.38. The van der Waals surface area contributed by atoms with Crippen LogP contribution < -0.4 is 0 Å². The van der Waals surface area contributed by atoms with Gasteiger partial charge in [0.05, 0.1) is 21.1 Å². The van der Waals surface area contributed by atoms with E-state index in [1.807, 2.05) is 27.2 Å². The predicted octanol–water partition coefficient (Wildman–Crippen LogP) is 9.05. The van der Waals surface area contributed by atoms with Gasteiger partial charge in [0.25, 0.3) is 0 Å². The van der Waals surface area contributed by atoms with Gasteiger partial charge in [0.1, 0.15) is 0 Å². The van der Waals surface area contributed by atoms with Gasteiger partial charge in [0.2, 0.25) is 0 Å². The molecule has 2 atom stereocenters. The summed E-state index contributed by atoms with van der Waals surface area (Å²) in [6, 6.07) is 10.1. The van der Waals surface area contributed by atoms with Crippen molar-refractivity contribution in [2.75, 3.05) is 21.1 Å². The van der Waals surface area contributed by atoms with Crippen LogP contribution in [0.25, 0.3) is 0 Å². The number of rotatable bonds is 23. The summed E-state index contributed by atoms with van der Waals surface area (Å²) in [7, 11) is 6.06. The Balaban J connectivity index is 2.14. The Hall–Kier alpha value is -1.35. The number of carboxylic acid groups (broad SMARTS) is 1. The molecule has 0 bridgehead atoms. The largest absolute Gasteiger partial charge is 0.477 e. The molecule has 0 aliphatic rings. The Morgan fingerprint density at radius 3 is 1.46 bits per heavy atom. The van der Waals surface area contributed by atoms with Crippen molar-refractivity contribution in [1.29, 1.82) is 0 Å². The van der Waals surface area contributed by atoms with Crippen LogP contribution in [0.3, 0.4) is 0 Å². The monoisotopic (exact) mass is 488 g/mol. The number of unbranched alkanes of at least 4 members (excludes halogenated alkanes) is 16. The van der Waals surface area contributed by atoms with E-state index in [4.69, 9.17) is 0 Å². The maximum absolute atomic E-state index is 12.1. The zero-order chi connectivity index (χ0) is 25.8. The third-order valence-corrected chi connectivity index (χ3v) is 7.55. The number of hydrogen-bond donors (Lipinski definition) is 1. The molecule has 0 fully saturated rings. The lowest BCUT2D eigenvalue weighted by atomic mass is 9.86. The van der Waals surface area contributed by atoms with Crippen molar-refractivity contribution in [2.45, 2.75) is 135 Å². The van der Waals surface area contributed by atoms with Crippen LogP contribution >= 0.6 is 0 Å². The summed E-state index contributed by atoms with van der Waals surface area (Å²) in [4.78, 5) is 12.1. The molecular weight excluding hydrogens is 430 g/mol. The first-order valence-corrected chi connectivity index (χ1v) is 14.9. The second-order valence-electron chi connectivity index (χ2n) is 11.8. The van der Waals surface area contributed by atoms with Crippen LogP contribution in [0.15, 0.2) is 30.3 Å². The molecule has 0 heterocycles. The number of hydrogen-bond acceptors (Lipinski definition) is 1. The fraction of sp³-hybridized carbons (Fsp3) is 0.781. The molecule has 0 radical (unpaired) electrons. The molecule has 0 amide bonds. The van der Waals surface area contributed by atoms with Crippen LogP contribution in [0, 0.1) is 5.92 Å². The molecular formula is C32H58NO2+. The Bertz CT molecular complexity index is 622. The third kappa shape index (κ3) is 16.1. The highest BCUT2D eigenvalue weighted by atomic mass is 16.4. The number of carboxylic acids is 1. The van der Waals surface area contributed by atoms with Crippen LogP contribution in [0.4, 0.5) is 0 Å². The van der Waals surface area contributed by atoms with Gasteiger partial charge >= 0.3 is 5.97 Å². The number of carbonyl (C=O) groups is 1. The first-order chi connectivity index (χ1) is 16.9. The van der Waals surface area contributed by atoms with Gasteiger partial charge in [0.15, 0.2) is 6.04 Å². The number of likely N-dealkylation sites (N-methyl/N-ethyl adjacent to an activating group) is 1. The summed E-state index contributed by atoms with van der Waals surface area (Å²) in [5.74, 6) is -0.489. The molecule has 0 spiro atoms. The Labute approximate surface area is 218 Å². The Morgan fingerprint density at radius 2 is 1.09 bits per heavy atom. The van der Waals surface area contributed by atoms with Crippen molar-refractivity contribution in [3.8, 4) is 0 Å². The van der Waals surface area contributed by atoms with Crippen molar-refractivity contribution in [2.24, 2.45) is 5.92 Å². The first kappa shape index (κ1) is 31.7. The van der Waals surface area contributed by atoms with E-state index in [0.717, 1.165) is 19.3 Å². The van der Waals surface area contributed by atoms with Crippen LogP contribution in [0.1, 0.15) is 128 Å². The van der Waals surface area contributed by atoms with E-state index in [1.54, 1.807) is 0 Å². The average Bonchev–Trinajstić information content (AvgIpc) is 2.80.